The number of rotatable bonds is 20. The Morgan fingerprint density at radius 1 is 0.509 bits per heavy atom. The highest BCUT2D eigenvalue weighted by atomic mass is 16.6. The van der Waals surface area contributed by atoms with Crippen LogP contribution in [0.2, 0.25) is 0 Å². The van der Waals surface area contributed by atoms with Gasteiger partial charge in [0, 0.05) is 0 Å². The predicted octanol–water partition coefficient (Wildman–Crippen LogP) is 8.27. The monoisotopic (exact) mass is 750 g/mol. The molecular formula is C47H58O8. The molecule has 2 saturated heterocycles. The van der Waals surface area contributed by atoms with Crippen molar-refractivity contribution in [2.24, 2.45) is 0 Å². The smallest absolute Gasteiger partial charge is 0.123 e. The van der Waals surface area contributed by atoms with Gasteiger partial charge in [0.15, 0.2) is 0 Å². The molecule has 1 aliphatic carbocycles. The number of hydrogen-bond donors (Lipinski definition) is 0. The Kier molecular flexibility index (Phi) is 12.3. The Morgan fingerprint density at radius 3 is 1.29 bits per heavy atom. The molecule has 2 atom stereocenters. The van der Waals surface area contributed by atoms with Crippen LogP contribution in [0.5, 0.6) is 11.5 Å². The minimum atomic E-state index is -0.576. The molecule has 8 heteroatoms. The summed E-state index contributed by atoms with van der Waals surface area (Å²) in [4.78, 5) is 0. The molecule has 4 aromatic carbocycles. The molecule has 0 bridgehead atoms. The Bertz CT molecular complexity index is 1740. The number of hydrogen-bond acceptors (Lipinski definition) is 8. The summed E-state index contributed by atoms with van der Waals surface area (Å²) in [5, 5.41) is 0. The predicted molar refractivity (Wildman–Crippen MR) is 215 cm³/mol. The van der Waals surface area contributed by atoms with Crippen molar-refractivity contribution in [2.45, 2.75) is 70.0 Å². The fourth-order valence-electron chi connectivity index (χ4n) is 7.59. The van der Waals surface area contributed by atoms with Gasteiger partial charge in [-0.05, 0) is 79.6 Å². The summed E-state index contributed by atoms with van der Waals surface area (Å²) in [5.41, 5.74) is 8.82. The Morgan fingerprint density at radius 2 is 0.891 bits per heavy atom. The van der Waals surface area contributed by atoms with Crippen LogP contribution in [0.4, 0.5) is 0 Å². The zero-order chi connectivity index (χ0) is 38.5. The molecule has 0 radical (unpaired) electrons. The van der Waals surface area contributed by atoms with E-state index in [-0.39, 0.29) is 23.0 Å². The van der Waals surface area contributed by atoms with Crippen LogP contribution in [0.15, 0.2) is 84.9 Å². The molecule has 2 heterocycles. The standard InChI is InChI=1S/C47H58O8/c1-45(2,3)41-27-33(15-17-43(41)52-25-23-48-19-21-50-29-35-31-54-35)47(39-13-9-7-11-37(39)38-12-8-10-14-40(38)47)34-16-18-44(42(28-34)46(4,5)6)53-26-24-49-20-22-51-30-36-32-55-36/h7-18,27-28,35-36H,19-26,29-32H2,1-6H3. The lowest BCUT2D eigenvalue weighted by molar-refractivity contribution is 0.0315. The summed E-state index contributed by atoms with van der Waals surface area (Å²) in [6, 6.07) is 31.3. The second kappa shape index (κ2) is 17.2. The normalized spacial score (nSPS) is 18.1. The van der Waals surface area contributed by atoms with Crippen LogP contribution in [0.1, 0.15) is 74.9 Å². The molecule has 2 unspecified atom stereocenters. The van der Waals surface area contributed by atoms with E-state index in [2.05, 4.69) is 126 Å². The number of ether oxygens (including phenoxy) is 8. The van der Waals surface area contributed by atoms with Crippen LogP contribution in [0, 0.1) is 0 Å². The minimum Gasteiger partial charge on any atom is -0.491 e. The van der Waals surface area contributed by atoms with Crippen molar-refractivity contribution < 1.29 is 37.9 Å². The second-order valence-electron chi connectivity index (χ2n) is 16.7. The van der Waals surface area contributed by atoms with Crippen LogP contribution in [-0.4, -0.2) is 91.5 Å². The van der Waals surface area contributed by atoms with E-state index in [9.17, 15) is 0 Å². The summed E-state index contributed by atoms with van der Waals surface area (Å²) < 4.78 is 46.2. The molecule has 4 aromatic rings. The summed E-state index contributed by atoms with van der Waals surface area (Å²) in [6.07, 6.45) is 0.530. The highest BCUT2D eigenvalue weighted by molar-refractivity contribution is 5.86. The number of fused-ring (bicyclic) bond motifs is 3. The topological polar surface area (TPSA) is 80.4 Å². The fourth-order valence-corrected chi connectivity index (χ4v) is 7.59. The Labute approximate surface area is 327 Å². The van der Waals surface area contributed by atoms with Gasteiger partial charge in [-0.3, -0.25) is 0 Å². The number of epoxide rings is 2. The van der Waals surface area contributed by atoms with Crippen molar-refractivity contribution in [1.82, 2.24) is 0 Å². The molecule has 7 rings (SSSR count). The van der Waals surface area contributed by atoms with Gasteiger partial charge in [-0.25, -0.2) is 0 Å². The van der Waals surface area contributed by atoms with Crippen molar-refractivity contribution in [2.75, 3.05) is 79.3 Å². The molecule has 0 aromatic heterocycles. The zero-order valence-electron chi connectivity index (χ0n) is 33.5. The van der Waals surface area contributed by atoms with E-state index in [0.29, 0.717) is 66.1 Å². The van der Waals surface area contributed by atoms with Gasteiger partial charge in [0.05, 0.1) is 71.5 Å². The van der Waals surface area contributed by atoms with Gasteiger partial charge in [0.2, 0.25) is 0 Å². The summed E-state index contributed by atoms with van der Waals surface area (Å²) in [6.45, 7) is 20.4. The van der Waals surface area contributed by atoms with E-state index >= 15 is 0 Å². The summed E-state index contributed by atoms with van der Waals surface area (Å²) >= 11 is 0. The molecule has 294 valence electrons. The molecule has 3 aliphatic rings. The van der Waals surface area contributed by atoms with Gasteiger partial charge in [-0.15, -0.1) is 0 Å². The van der Waals surface area contributed by atoms with Gasteiger partial charge in [0.25, 0.3) is 0 Å². The van der Waals surface area contributed by atoms with Crippen LogP contribution < -0.4 is 9.47 Å². The average molecular weight is 751 g/mol. The maximum absolute atomic E-state index is 6.45. The molecular weight excluding hydrogens is 693 g/mol. The van der Waals surface area contributed by atoms with Crippen LogP contribution in [0.25, 0.3) is 11.1 Å². The molecule has 8 nitrogen and oxygen atoms in total. The molecule has 55 heavy (non-hydrogen) atoms. The number of benzene rings is 4. The molecule has 2 aliphatic heterocycles. The van der Waals surface area contributed by atoms with Crippen LogP contribution >= 0.6 is 0 Å². The zero-order valence-corrected chi connectivity index (χ0v) is 33.5. The third-order valence-corrected chi connectivity index (χ3v) is 10.5. The van der Waals surface area contributed by atoms with Gasteiger partial charge < -0.3 is 37.9 Å². The lowest BCUT2D eigenvalue weighted by Gasteiger charge is -2.36. The van der Waals surface area contributed by atoms with E-state index in [1.54, 1.807) is 0 Å². The highest BCUT2D eigenvalue weighted by Gasteiger charge is 2.47. The lowest BCUT2D eigenvalue weighted by Crippen LogP contribution is -2.30. The van der Waals surface area contributed by atoms with E-state index in [1.807, 2.05) is 0 Å². The van der Waals surface area contributed by atoms with Crippen molar-refractivity contribution >= 4 is 0 Å². The van der Waals surface area contributed by atoms with Crippen LogP contribution in [-0.2, 0) is 44.7 Å². The summed E-state index contributed by atoms with van der Waals surface area (Å²) in [5.74, 6) is 1.75. The first-order valence-corrected chi connectivity index (χ1v) is 19.9. The Balaban J connectivity index is 1.19. The first-order chi connectivity index (χ1) is 26.6. The highest BCUT2D eigenvalue weighted by Crippen LogP contribution is 2.57. The minimum absolute atomic E-state index is 0.183. The first kappa shape index (κ1) is 39.5. The average Bonchev–Trinajstić information content (AvgIpc) is 4.12. The van der Waals surface area contributed by atoms with Crippen molar-refractivity contribution in [3.05, 3.63) is 118 Å². The van der Waals surface area contributed by atoms with Crippen LogP contribution in [0.3, 0.4) is 0 Å². The second-order valence-corrected chi connectivity index (χ2v) is 16.7. The van der Waals surface area contributed by atoms with Crippen molar-refractivity contribution in [1.29, 1.82) is 0 Å². The maximum atomic E-state index is 6.45. The van der Waals surface area contributed by atoms with E-state index in [4.69, 9.17) is 37.9 Å². The lowest BCUT2D eigenvalue weighted by atomic mass is 9.66. The quantitative estimate of drug-likeness (QED) is 0.0582. The largest absolute Gasteiger partial charge is 0.491 e. The Hall–Kier alpha value is -3.76. The van der Waals surface area contributed by atoms with Crippen molar-refractivity contribution in [3.8, 4) is 22.6 Å². The van der Waals surface area contributed by atoms with Gasteiger partial charge in [-0.2, -0.15) is 0 Å². The van der Waals surface area contributed by atoms with Gasteiger partial charge >= 0.3 is 0 Å². The molecule has 0 spiro atoms. The molecule has 2 fully saturated rings. The van der Waals surface area contributed by atoms with E-state index in [0.717, 1.165) is 35.8 Å². The molecule has 0 amide bonds. The van der Waals surface area contributed by atoms with Crippen molar-refractivity contribution in [3.63, 3.8) is 0 Å². The SMILES string of the molecule is CC(C)(C)c1cc(C2(c3ccc(OCCOCCOCC4CO4)c(C(C)(C)C)c3)c3ccccc3-c3ccccc32)ccc1OCCOCCOCC1CO1. The van der Waals surface area contributed by atoms with Gasteiger partial charge in [0.1, 0.15) is 36.9 Å². The van der Waals surface area contributed by atoms with E-state index < -0.39 is 5.41 Å². The third kappa shape index (κ3) is 9.28. The van der Waals surface area contributed by atoms with Gasteiger partial charge in [-0.1, -0.05) is 102 Å². The van der Waals surface area contributed by atoms with E-state index in [1.165, 1.54) is 33.4 Å². The third-order valence-electron chi connectivity index (χ3n) is 10.5. The maximum Gasteiger partial charge on any atom is 0.123 e. The first-order valence-electron chi connectivity index (χ1n) is 19.9. The molecule has 0 N–H and O–H groups in total. The summed E-state index contributed by atoms with van der Waals surface area (Å²) in [7, 11) is 0. The molecule has 0 saturated carbocycles. The fraction of sp³-hybridized carbons (Fsp3) is 0.489.